The lowest BCUT2D eigenvalue weighted by molar-refractivity contribution is -0.137. The third-order valence-corrected chi connectivity index (χ3v) is 4.53. The van der Waals surface area contributed by atoms with Gasteiger partial charge in [0.25, 0.3) is 11.8 Å². The monoisotopic (exact) mass is 354 g/mol. The van der Waals surface area contributed by atoms with Gasteiger partial charge in [0, 0.05) is 12.4 Å². The highest BCUT2D eigenvalue weighted by atomic mass is 35.5. The van der Waals surface area contributed by atoms with E-state index >= 15 is 0 Å². The predicted octanol–water partition coefficient (Wildman–Crippen LogP) is 3.90. The fraction of sp³-hybridized carbons (Fsp3) is 0.250. The van der Waals surface area contributed by atoms with Crippen LogP contribution in [-0.2, 0) is 21.5 Å². The molecular formula is C20H19ClN2O2. The number of hydrogen-bond acceptors (Lipinski definition) is 3. The SMILES string of the molecule is CC(C)(C)c1cncc(CN2C(=O)C(Cl)=C(c3ccccc3)C2=O)c1. The highest BCUT2D eigenvalue weighted by Crippen LogP contribution is 2.32. The maximum atomic E-state index is 12.8. The van der Waals surface area contributed by atoms with Crippen molar-refractivity contribution < 1.29 is 9.59 Å². The van der Waals surface area contributed by atoms with E-state index in [1.807, 2.05) is 24.3 Å². The molecule has 5 heteroatoms. The summed E-state index contributed by atoms with van der Waals surface area (Å²) in [7, 11) is 0. The molecule has 0 atom stereocenters. The van der Waals surface area contributed by atoms with Gasteiger partial charge in [-0.1, -0.05) is 68.8 Å². The Labute approximate surface area is 152 Å². The first-order chi connectivity index (χ1) is 11.8. The van der Waals surface area contributed by atoms with Gasteiger partial charge in [-0.25, -0.2) is 0 Å². The Kier molecular flexibility index (Phi) is 4.48. The lowest BCUT2D eigenvalue weighted by atomic mass is 9.87. The first kappa shape index (κ1) is 17.4. The molecule has 0 saturated heterocycles. The standard InChI is InChI=1S/C20H19ClN2O2/c1-20(2,3)15-9-13(10-22-11-15)12-23-18(24)16(17(21)19(23)25)14-7-5-4-6-8-14/h4-11H,12H2,1-3H3. The van der Waals surface area contributed by atoms with Crippen molar-refractivity contribution in [2.75, 3.05) is 0 Å². The molecule has 128 valence electrons. The Morgan fingerprint density at radius 1 is 1.04 bits per heavy atom. The zero-order valence-electron chi connectivity index (χ0n) is 14.4. The summed E-state index contributed by atoms with van der Waals surface area (Å²) in [6.07, 6.45) is 3.47. The van der Waals surface area contributed by atoms with Gasteiger partial charge in [-0.2, -0.15) is 0 Å². The maximum absolute atomic E-state index is 12.8. The minimum Gasteiger partial charge on any atom is -0.269 e. The molecule has 1 aromatic carbocycles. The maximum Gasteiger partial charge on any atom is 0.273 e. The van der Waals surface area contributed by atoms with Crippen LogP contribution in [0.15, 0.2) is 53.8 Å². The summed E-state index contributed by atoms with van der Waals surface area (Å²) < 4.78 is 0. The van der Waals surface area contributed by atoms with E-state index in [0.29, 0.717) is 5.56 Å². The van der Waals surface area contributed by atoms with Gasteiger partial charge in [-0.05, 0) is 22.1 Å². The highest BCUT2D eigenvalue weighted by Gasteiger charge is 2.38. The van der Waals surface area contributed by atoms with Crippen molar-refractivity contribution in [1.29, 1.82) is 0 Å². The lowest BCUT2D eigenvalue weighted by Crippen LogP contribution is -2.31. The molecule has 2 amide bonds. The normalized spacial score (nSPS) is 15.3. The van der Waals surface area contributed by atoms with Crippen LogP contribution in [0.4, 0.5) is 0 Å². The summed E-state index contributed by atoms with van der Waals surface area (Å²) >= 11 is 6.17. The average Bonchev–Trinajstić information content (AvgIpc) is 2.79. The third-order valence-electron chi connectivity index (χ3n) is 4.18. The van der Waals surface area contributed by atoms with Crippen LogP contribution in [0.3, 0.4) is 0 Å². The Hall–Kier alpha value is -2.46. The van der Waals surface area contributed by atoms with Crippen LogP contribution in [0.5, 0.6) is 0 Å². The van der Waals surface area contributed by atoms with Gasteiger partial charge >= 0.3 is 0 Å². The second-order valence-electron chi connectivity index (χ2n) is 7.08. The van der Waals surface area contributed by atoms with E-state index < -0.39 is 5.91 Å². The Morgan fingerprint density at radius 3 is 2.36 bits per heavy atom. The number of halogens is 1. The van der Waals surface area contributed by atoms with Gasteiger partial charge in [0.15, 0.2) is 0 Å². The number of benzene rings is 1. The minimum atomic E-state index is -0.466. The molecule has 1 aromatic heterocycles. The fourth-order valence-corrected chi connectivity index (χ4v) is 3.00. The molecule has 0 bridgehead atoms. The summed E-state index contributed by atoms with van der Waals surface area (Å²) in [5.74, 6) is -0.839. The quantitative estimate of drug-likeness (QED) is 0.785. The van der Waals surface area contributed by atoms with Crippen LogP contribution in [-0.4, -0.2) is 21.7 Å². The number of hydrogen-bond donors (Lipinski definition) is 0. The van der Waals surface area contributed by atoms with Gasteiger partial charge in [-0.15, -0.1) is 0 Å². The summed E-state index contributed by atoms with van der Waals surface area (Å²) in [6, 6.07) is 11.0. The van der Waals surface area contributed by atoms with E-state index in [0.717, 1.165) is 11.1 Å². The fourth-order valence-electron chi connectivity index (χ4n) is 2.71. The second-order valence-corrected chi connectivity index (χ2v) is 7.46. The van der Waals surface area contributed by atoms with Gasteiger partial charge in [0.1, 0.15) is 5.03 Å². The molecule has 2 aromatic rings. The molecule has 0 N–H and O–H groups in total. The molecular weight excluding hydrogens is 336 g/mol. The number of amides is 2. The van der Waals surface area contributed by atoms with Crippen LogP contribution < -0.4 is 0 Å². The van der Waals surface area contributed by atoms with E-state index in [2.05, 4.69) is 25.8 Å². The molecule has 0 fully saturated rings. The Morgan fingerprint density at radius 2 is 1.72 bits per heavy atom. The van der Waals surface area contributed by atoms with E-state index in [4.69, 9.17) is 11.6 Å². The molecule has 0 aliphatic carbocycles. The molecule has 0 saturated carbocycles. The number of nitrogens with zero attached hydrogens (tertiary/aromatic N) is 2. The molecule has 0 unspecified atom stereocenters. The summed E-state index contributed by atoms with van der Waals surface area (Å²) in [6.45, 7) is 6.42. The van der Waals surface area contributed by atoms with Crippen molar-refractivity contribution >= 4 is 29.0 Å². The zero-order chi connectivity index (χ0) is 18.2. The number of carbonyl (C=O) groups is 2. The number of carbonyl (C=O) groups excluding carboxylic acids is 2. The molecule has 2 heterocycles. The number of pyridine rings is 1. The molecule has 1 aliphatic heterocycles. The minimum absolute atomic E-state index is 0.0314. The largest absolute Gasteiger partial charge is 0.273 e. The van der Waals surface area contributed by atoms with Crippen molar-refractivity contribution in [3.05, 3.63) is 70.5 Å². The first-order valence-corrected chi connectivity index (χ1v) is 8.42. The van der Waals surface area contributed by atoms with Crippen LogP contribution in [0, 0.1) is 0 Å². The van der Waals surface area contributed by atoms with Crippen molar-refractivity contribution in [3.63, 3.8) is 0 Å². The van der Waals surface area contributed by atoms with Crippen LogP contribution in [0.2, 0.25) is 0 Å². The average molecular weight is 355 g/mol. The van der Waals surface area contributed by atoms with Crippen molar-refractivity contribution in [3.8, 4) is 0 Å². The van der Waals surface area contributed by atoms with Gasteiger partial charge in [0.2, 0.25) is 0 Å². The van der Waals surface area contributed by atoms with Crippen LogP contribution >= 0.6 is 11.6 Å². The number of rotatable bonds is 3. The number of imide groups is 1. The van der Waals surface area contributed by atoms with Crippen LogP contribution in [0.25, 0.3) is 5.57 Å². The zero-order valence-corrected chi connectivity index (χ0v) is 15.2. The van der Waals surface area contributed by atoms with Crippen molar-refractivity contribution in [1.82, 2.24) is 9.88 Å². The molecule has 3 rings (SSSR count). The van der Waals surface area contributed by atoms with Gasteiger partial charge in [-0.3, -0.25) is 19.5 Å². The topological polar surface area (TPSA) is 50.3 Å². The van der Waals surface area contributed by atoms with Crippen molar-refractivity contribution in [2.24, 2.45) is 0 Å². The Balaban J connectivity index is 1.89. The molecule has 0 radical (unpaired) electrons. The third kappa shape index (κ3) is 3.35. The summed E-state index contributed by atoms with van der Waals surface area (Å²) in [5, 5.41) is -0.0314. The summed E-state index contributed by atoms with van der Waals surface area (Å²) in [5.41, 5.74) is 2.69. The molecule has 4 nitrogen and oxygen atoms in total. The predicted molar refractivity (Wildman–Crippen MR) is 97.7 cm³/mol. The molecule has 25 heavy (non-hydrogen) atoms. The molecule has 0 spiro atoms. The van der Waals surface area contributed by atoms with Gasteiger partial charge < -0.3 is 0 Å². The highest BCUT2D eigenvalue weighted by molar-refractivity contribution is 6.55. The second kappa shape index (κ2) is 6.45. The van der Waals surface area contributed by atoms with E-state index in [-0.39, 0.29) is 28.5 Å². The van der Waals surface area contributed by atoms with Gasteiger partial charge in [0.05, 0.1) is 12.1 Å². The van der Waals surface area contributed by atoms with Crippen LogP contribution in [0.1, 0.15) is 37.5 Å². The molecule has 1 aliphatic rings. The Bertz CT molecular complexity index is 867. The van der Waals surface area contributed by atoms with Crippen molar-refractivity contribution in [2.45, 2.75) is 32.7 Å². The van der Waals surface area contributed by atoms with E-state index in [1.165, 1.54) is 4.90 Å². The summed E-state index contributed by atoms with van der Waals surface area (Å²) in [4.78, 5) is 30.7. The lowest BCUT2D eigenvalue weighted by Gasteiger charge is -2.20. The van der Waals surface area contributed by atoms with E-state index in [1.54, 1.807) is 24.5 Å². The number of aromatic nitrogens is 1. The first-order valence-electron chi connectivity index (χ1n) is 8.05. The smallest absolute Gasteiger partial charge is 0.269 e. The van der Waals surface area contributed by atoms with E-state index in [9.17, 15) is 9.59 Å².